The van der Waals surface area contributed by atoms with E-state index in [4.69, 9.17) is 16.9 Å². The Morgan fingerprint density at radius 3 is 2.73 bits per heavy atom. The van der Waals surface area contributed by atoms with Crippen molar-refractivity contribution >= 4 is 16.8 Å². The molecule has 1 aliphatic carbocycles. The first kappa shape index (κ1) is 10.2. The van der Waals surface area contributed by atoms with E-state index in [9.17, 15) is 4.79 Å². The largest absolute Gasteiger partial charge is 0.276 e. The van der Waals surface area contributed by atoms with Crippen LogP contribution in [0.15, 0.2) is 12.1 Å². The molecule has 0 radical (unpaired) electrons. The van der Waals surface area contributed by atoms with E-state index in [2.05, 4.69) is 6.07 Å². The molecule has 0 amide bonds. The first-order chi connectivity index (χ1) is 7.22. The van der Waals surface area contributed by atoms with E-state index in [-0.39, 0.29) is 0 Å². The number of carbonyl (C=O) groups is 1. The third-order valence-electron chi connectivity index (χ3n) is 2.81. The molecule has 0 saturated heterocycles. The van der Waals surface area contributed by atoms with E-state index in [1.807, 2.05) is 6.07 Å². The average molecular weight is 220 g/mol. The van der Waals surface area contributed by atoms with Gasteiger partial charge in [0.15, 0.2) is 0 Å². The molecule has 0 saturated carbocycles. The maximum atomic E-state index is 11.2. The minimum Gasteiger partial charge on any atom is -0.276 e. The Labute approximate surface area is 93.5 Å². The average Bonchev–Trinajstić information content (AvgIpc) is 2.27. The van der Waals surface area contributed by atoms with E-state index < -0.39 is 5.24 Å². The molecule has 1 aromatic rings. The van der Waals surface area contributed by atoms with Crippen LogP contribution in [0.5, 0.6) is 0 Å². The zero-order chi connectivity index (χ0) is 10.8. The maximum Gasteiger partial charge on any atom is 0.252 e. The van der Waals surface area contributed by atoms with Crippen molar-refractivity contribution in [3.8, 4) is 6.07 Å². The minimum absolute atomic E-state index is 0.453. The van der Waals surface area contributed by atoms with Gasteiger partial charge in [-0.3, -0.25) is 4.79 Å². The highest BCUT2D eigenvalue weighted by Crippen LogP contribution is 2.27. The van der Waals surface area contributed by atoms with Crippen LogP contribution >= 0.6 is 11.6 Å². The monoisotopic (exact) mass is 219 g/mol. The summed E-state index contributed by atoms with van der Waals surface area (Å²) in [6.07, 6.45) is 4.06. The highest BCUT2D eigenvalue weighted by Gasteiger charge is 2.17. The van der Waals surface area contributed by atoms with Gasteiger partial charge in [0.1, 0.15) is 0 Å². The molecule has 1 aromatic carbocycles. The summed E-state index contributed by atoms with van der Waals surface area (Å²) in [5.74, 6) is 0. The zero-order valence-corrected chi connectivity index (χ0v) is 8.97. The Morgan fingerprint density at radius 2 is 2.07 bits per heavy atom. The van der Waals surface area contributed by atoms with Crippen LogP contribution < -0.4 is 0 Å². The van der Waals surface area contributed by atoms with E-state index in [0.717, 1.165) is 36.8 Å². The summed E-state index contributed by atoms with van der Waals surface area (Å²) < 4.78 is 0. The van der Waals surface area contributed by atoms with Gasteiger partial charge in [0.2, 0.25) is 0 Å². The van der Waals surface area contributed by atoms with Gasteiger partial charge in [-0.25, -0.2) is 0 Å². The number of nitriles is 1. The molecule has 0 aromatic heterocycles. The molecular formula is C12H10ClNO. The predicted molar refractivity (Wildman–Crippen MR) is 58.0 cm³/mol. The van der Waals surface area contributed by atoms with Gasteiger partial charge in [0.05, 0.1) is 11.6 Å². The smallest absolute Gasteiger partial charge is 0.252 e. The van der Waals surface area contributed by atoms with Crippen molar-refractivity contribution < 1.29 is 4.79 Å². The number of hydrogen-bond donors (Lipinski definition) is 0. The van der Waals surface area contributed by atoms with Gasteiger partial charge in [-0.2, -0.15) is 5.26 Å². The number of hydrogen-bond acceptors (Lipinski definition) is 2. The van der Waals surface area contributed by atoms with Gasteiger partial charge in [-0.1, -0.05) is 0 Å². The van der Waals surface area contributed by atoms with Gasteiger partial charge in [0.25, 0.3) is 5.24 Å². The van der Waals surface area contributed by atoms with Crippen LogP contribution in [0.3, 0.4) is 0 Å². The molecule has 0 N–H and O–H groups in total. The molecule has 2 rings (SSSR count). The molecule has 3 heteroatoms. The normalized spacial score (nSPS) is 14.1. The van der Waals surface area contributed by atoms with Crippen molar-refractivity contribution in [3.63, 3.8) is 0 Å². The van der Waals surface area contributed by atoms with Crippen molar-refractivity contribution in [2.24, 2.45) is 0 Å². The lowest BCUT2D eigenvalue weighted by molar-refractivity contribution is 0.108. The van der Waals surface area contributed by atoms with Crippen LogP contribution in [-0.2, 0) is 12.8 Å². The topological polar surface area (TPSA) is 40.9 Å². The molecule has 0 spiro atoms. The minimum atomic E-state index is -0.453. The van der Waals surface area contributed by atoms with Crippen LogP contribution in [0, 0.1) is 11.3 Å². The molecule has 1 aliphatic rings. The van der Waals surface area contributed by atoms with E-state index in [0.29, 0.717) is 11.1 Å². The van der Waals surface area contributed by atoms with E-state index in [1.165, 1.54) is 0 Å². The zero-order valence-electron chi connectivity index (χ0n) is 8.22. The Bertz CT molecular complexity index is 459. The van der Waals surface area contributed by atoms with Crippen molar-refractivity contribution in [2.75, 3.05) is 0 Å². The number of benzene rings is 1. The number of carbonyl (C=O) groups excluding carboxylic acids is 1. The maximum absolute atomic E-state index is 11.2. The van der Waals surface area contributed by atoms with E-state index in [1.54, 1.807) is 6.07 Å². The molecule has 0 unspecified atom stereocenters. The van der Waals surface area contributed by atoms with Crippen LogP contribution in [0.2, 0.25) is 0 Å². The van der Waals surface area contributed by atoms with Gasteiger partial charge in [-0.15, -0.1) is 0 Å². The Balaban J connectivity index is 2.62. The SMILES string of the molecule is N#Cc1cc2c(c(C(=O)Cl)c1)CCCC2. The molecule has 15 heavy (non-hydrogen) atoms. The fourth-order valence-electron chi connectivity index (χ4n) is 2.11. The number of rotatable bonds is 1. The quantitative estimate of drug-likeness (QED) is 0.682. The number of halogens is 1. The fraction of sp³-hybridized carbons (Fsp3) is 0.333. The molecule has 0 fully saturated rings. The first-order valence-electron chi connectivity index (χ1n) is 4.98. The summed E-state index contributed by atoms with van der Waals surface area (Å²) in [6.45, 7) is 0. The third kappa shape index (κ3) is 1.88. The summed E-state index contributed by atoms with van der Waals surface area (Å²) in [7, 11) is 0. The lowest BCUT2D eigenvalue weighted by Gasteiger charge is -2.18. The van der Waals surface area contributed by atoms with Crippen LogP contribution in [0.4, 0.5) is 0 Å². The number of fused-ring (bicyclic) bond motifs is 1. The van der Waals surface area contributed by atoms with Crippen LogP contribution in [-0.4, -0.2) is 5.24 Å². The molecular weight excluding hydrogens is 210 g/mol. The molecule has 76 valence electrons. The van der Waals surface area contributed by atoms with Gasteiger partial charge >= 0.3 is 0 Å². The van der Waals surface area contributed by atoms with Crippen LogP contribution in [0.1, 0.15) is 39.9 Å². The lowest BCUT2D eigenvalue weighted by Crippen LogP contribution is -2.09. The predicted octanol–water partition coefficient (Wildman–Crippen LogP) is 2.82. The fourth-order valence-corrected chi connectivity index (χ4v) is 2.28. The second kappa shape index (κ2) is 4.04. The molecule has 0 atom stereocenters. The molecule has 0 heterocycles. The highest BCUT2D eigenvalue weighted by atomic mass is 35.5. The Morgan fingerprint density at radius 1 is 1.33 bits per heavy atom. The molecule has 0 aliphatic heterocycles. The summed E-state index contributed by atoms with van der Waals surface area (Å²) in [5, 5.41) is 8.39. The van der Waals surface area contributed by atoms with Gasteiger partial charge in [0, 0.05) is 5.56 Å². The number of aryl methyl sites for hydroxylation is 1. The number of nitrogens with zero attached hydrogens (tertiary/aromatic N) is 1. The first-order valence-corrected chi connectivity index (χ1v) is 5.36. The third-order valence-corrected chi connectivity index (χ3v) is 3.01. The Kier molecular flexibility index (Phi) is 2.75. The van der Waals surface area contributed by atoms with Crippen molar-refractivity contribution in [3.05, 3.63) is 34.4 Å². The summed E-state index contributed by atoms with van der Waals surface area (Å²) in [6, 6.07) is 5.53. The lowest BCUT2D eigenvalue weighted by atomic mass is 9.87. The summed E-state index contributed by atoms with van der Waals surface area (Å²) in [5.41, 5.74) is 3.20. The second-order valence-corrected chi connectivity index (χ2v) is 4.10. The summed E-state index contributed by atoms with van der Waals surface area (Å²) >= 11 is 5.52. The molecule has 2 nitrogen and oxygen atoms in total. The van der Waals surface area contributed by atoms with Crippen LogP contribution in [0.25, 0.3) is 0 Å². The van der Waals surface area contributed by atoms with Gasteiger partial charge in [-0.05, 0) is 60.5 Å². The van der Waals surface area contributed by atoms with E-state index >= 15 is 0 Å². The second-order valence-electron chi connectivity index (χ2n) is 3.75. The highest BCUT2D eigenvalue weighted by molar-refractivity contribution is 6.68. The molecule has 0 bridgehead atoms. The van der Waals surface area contributed by atoms with Crippen molar-refractivity contribution in [1.29, 1.82) is 5.26 Å². The van der Waals surface area contributed by atoms with Gasteiger partial charge < -0.3 is 0 Å². The van der Waals surface area contributed by atoms with Crippen molar-refractivity contribution in [2.45, 2.75) is 25.7 Å². The Hall–Kier alpha value is -1.33. The standard InChI is InChI=1S/C12H10ClNO/c13-12(15)11-6-8(7-14)5-9-3-1-2-4-10(9)11/h5-6H,1-4H2. The summed E-state index contributed by atoms with van der Waals surface area (Å²) in [4.78, 5) is 11.2. The van der Waals surface area contributed by atoms with Crippen molar-refractivity contribution in [1.82, 2.24) is 0 Å².